The van der Waals surface area contributed by atoms with Crippen LogP contribution in [0.4, 0.5) is 4.39 Å². The van der Waals surface area contributed by atoms with Crippen LogP contribution in [-0.4, -0.2) is 32.3 Å². The van der Waals surface area contributed by atoms with Crippen LogP contribution < -0.4 is 5.32 Å². The second kappa shape index (κ2) is 7.89. The maximum atomic E-state index is 13.1. The van der Waals surface area contributed by atoms with Gasteiger partial charge in [-0.15, -0.1) is 5.10 Å². The van der Waals surface area contributed by atoms with Gasteiger partial charge in [0.2, 0.25) is 0 Å². The number of carbonyl (C=O) groups excluding carboxylic acids is 2. The van der Waals surface area contributed by atoms with Crippen molar-refractivity contribution in [3.8, 4) is 0 Å². The number of benzene rings is 1. The minimum Gasteiger partial charge on any atom is -0.467 e. The third-order valence-corrected chi connectivity index (χ3v) is 4.98. The molecule has 28 heavy (non-hydrogen) atoms. The first-order valence-electron chi connectivity index (χ1n) is 8.79. The van der Waals surface area contributed by atoms with Crippen molar-refractivity contribution in [2.75, 3.05) is 0 Å². The highest BCUT2D eigenvalue weighted by atomic mass is 32.1. The molecule has 1 N–H and O–H groups in total. The lowest BCUT2D eigenvalue weighted by Crippen LogP contribution is -2.44. The van der Waals surface area contributed by atoms with Crippen molar-refractivity contribution >= 4 is 23.3 Å². The molecule has 9 heteroatoms. The van der Waals surface area contributed by atoms with Gasteiger partial charge in [-0.3, -0.25) is 9.59 Å². The van der Waals surface area contributed by atoms with Crippen LogP contribution in [-0.2, 0) is 11.3 Å². The van der Waals surface area contributed by atoms with Crippen molar-refractivity contribution in [1.82, 2.24) is 19.8 Å². The smallest absolute Gasteiger partial charge is 0.276 e. The Balaban J connectivity index is 1.58. The van der Waals surface area contributed by atoms with E-state index in [4.69, 9.17) is 4.42 Å². The van der Waals surface area contributed by atoms with Gasteiger partial charge in [0.15, 0.2) is 11.7 Å². The van der Waals surface area contributed by atoms with Gasteiger partial charge in [0, 0.05) is 18.0 Å². The normalized spacial score (nSPS) is 14.5. The van der Waals surface area contributed by atoms with E-state index in [1.54, 1.807) is 29.6 Å². The minimum atomic E-state index is -0.919. The van der Waals surface area contributed by atoms with Gasteiger partial charge in [0.05, 0.1) is 6.26 Å². The summed E-state index contributed by atoms with van der Waals surface area (Å²) in [5.41, 5.74) is 0.959. The van der Waals surface area contributed by atoms with Crippen LogP contribution >= 0.6 is 11.5 Å². The quantitative estimate of drug-likeness (QED) is 0.659. The maximum Gasteiger partial charge on any atom is 0.276 e. The number of aromatic nitrogens is 2. The van der Waals surface area contributed by atoms with Crippen molar-refractivity contribution < 1.29 is 18.4 Å². The van der Waals surface area contributed by atoms with E-state index < -0.39 is 6.04 Å². The van der Waals surface area contributed by atoms with E-state index in [0.717, 1.165) is 29.9 Å². The first kappa shape index (κ1) is 18.3. The van der Waals surface area contributed by atoms with Gasteiger partial charge in [-0.25, -0.2) is 4.39 Å². The zero-order chi connectivity index (χ0) is 19.5. The van der Waals surface area contributed by atoms with Crippen molar-refractivity contribution in [2.24, 2.45) is 0 Å². The molecule has 0 aliphatic heterocycles. The third kappa shape index (κ3) is 3.94. The van der Waals surface area contributed by atoms with Crippen LogP contribution in [0.3, 0.4) is 0 Å². The van der Waals surface area contributed by atoms with Crippen molar-refractivity contribution in [1.29, 1.82) is 0 Å². The van der Waals surface area contributed by atoms with Crippen LogP contribution in [0.1, 0.15) is 40.7 Å². The fraction of sp³-hybridized carbons (Fsp3) is 0.263. The molecule has 1 atom stereocenters. The molecule has 0 spiro atoms. The largest absolute Gasteiger partial charge is 0.467 e. The number of halogens is 1. The molecule has 2 heterocycles. The van der Waals surface area contributed by atoms with E-state index in [-0.39, 0.29) is 35.9 Å². The van der Waals surface area contributed by atoms with Gasteiger partial charge >= 0.3 is 0 Å². The number of amides is 2. The van der Waals surface area contributed by atoms with E-state index in [0.29, 0.717) is 5.76 Å². The molecule has 1 saturated carbocycles. The predicted molar refractivity (Wildman–Crippen MR) is 98.8 cm³/mol. The number of carbonyl (C=O) groups is 2. The number of hydrogen-bond acceptors (Lipinski definition) is 6. The topological polar surface area (TPSA) is 88.3 Å². The minimum absolute atomic E-state index is 0.0547. The van der Waals surface area contributed by atoms with Gasteiger partial charge in [-0.05, 0) is 54.2 Å². The molecular weight excluding hydrogens is 383 g/mol. The molecule has 0 unspecified atom stereocenters. The number of nitrogens with zero attached hydrogens (tertiary/aromatic N) is 3. The summed E-state index contributed by atoms with van der Waals surface area (Å²) in [7, 11) is 0. The van der Waals surface area contributed by atoms with E-state index in [1.165, 1.54) is 23.3 Å². The lowest BCUT2D eigenvalue weighted by molar-refractivity contribution is -0.126. The zero-order valence-electron chi connectivity index (χ0n) is 14.7. The molecule has 144 valence electrons. The van der Waals surface area contributed by atoms with Gasteiger partial charge in [-0.1, -0.05) is 16.6 Å². The molecule has 7 nitrogen and oxygen atoms in total. The highest BCUT2D eigenvalue weighted by molar-refractivity contribution is 7.03. The summed E-state index contributed by atoms with van der Waals surface area (Å²) in [4.78, 5) is 27.6. The van der Waals surface area contributed by atoms with Gasteiger partial charge < -0.3 is 14.6 Å². The Morgan fingerprint density at radius 2 is 2.07 bits per heavy atom. The van der Waals surface area contributed by atoms with E-state index in [1.807, 2.05) is 0 Å². The summed E-state index contributed by atoms with van der Waals surface area (Å²) >= 11 is 1.08. The summed E-state index contributed by atoms with van der Waals surface area (Å²) in [5, 5.41) is 8.24. The molecule has 2 aromatic heterocycles. The SMILES string of the molecule is O=C(NCc1ccc(F)cc1)[C@@H](c1ccco1)N(C(=O)c1csnn1)C1CC1. The Morgan fingerprint density at radius 3 is 2.68 bits per heavy atom. The van der Waals surface area contributed by atoms with E-state index in [9.17, 15) is 14.0 Å². The summed E-state index contributed by atoms with van der Waals surface area (Å²) in [5.74, 6) is -0.691. The molecule has 1 aromatic carbocycles. The molecule has 4 rings (SSSR count). The molecule has 0 bridgehead atoms. The number of nitrogens with one attached hydrogen (secondary N) is 1. The maximum absolute atomic E-state index is 13.1. The number of furan rings is 1. The average molecular weight is 400 g/mol. The predicted octanol–water partition coefficient (Wildman–Crippen LogP) is 2.93. The molecule has 1 aliphatic carbocycles. The Kier molecular flexibility index (Phi) is 5.16. The summed E-state index contributed by atoms with van der Waals surface area (Å²) < 4.78 is 22.3. The summed E-state index contributed by atoms with van der Waals surface area (Å²) in [6.07, 6.45) is 3.09. The zero-order valence-corrected chi connectivity index (χ0v) is 15.6. The third-order valence-electron chi connectivity index (χ3n) is 4.47. The molecule has 2 amide bonds. The van der Waals surface area contributed by atoms with Crippen molar-refractivity contribution in [2.45, 2.75) is 31.5 Å². The van der Waals surface area contributed by atoms with E-state index in [2.05, 4.69) is 14.9 Å². The number of rotatable bonds is 7. The second-order valence-corrected chi connectivity index (χ2v) is 7.11. The highest BCUT2D eigenvalue weighted by Gasteiger charge is 2.43. The van der Waals surface area contributed by atoms with Gasteiger partial charge in [0.25, 0.3) is 11.8 Å². The Labute approximate surface area is 164 Å². The first-order valence-corrected chi connectivity index (χ1v) is 9.62. The summed E-state index contributed by atoms with van der Waals surface area (Å²) in [6.45, 7) is 0.210. The Hall–Kier alpha value is -3.07. The molecule has 3 aromatic rings. The first-order chi connectivity index (χ1) is 13.6. The van der Waals surface area contributed by atoms with Gasteiger partial charge in [0.1, 0.15) is 11.6 Å². The Bertz CT molecular complexity index is 940. The molecule has 0 radical (unpaired) electrons. The monoisotopic (exact) mass is 400 g/mol. The fourth-order valence-electron chi connectivity index (χ4n) is 2.96. The van der Waals surface area contributed by atoms with Crippen molar-refractivity contribution in [3.05, 3.63) is 70.9 Å². The average Bonchev–Trinajstić information content (AvgIpc) is 3.16. The van der Waals surface area contributed by atoms with Crippen LogP contribution in [0.2, 0.25) is 0 Å². The molecule has 0 saturated heterocycles. The summed E-state index contributed by atoms with van der Waals surface area (Å²) in [6, 6.07) is 8.24. The van der Waals surface area contributed by atoms with Crippen LogP contribution in [0, 0.1) is 5.82 Å². The van der Waals surface area contributed by atoms with E-state index >= 15 is 0 Å². The standard InChI is InChI=1S/C19H17FN4O3S/c20-13-5-3-12(4-6-13)10-21-18(25)17(16-2-1-9-27-16)24(14-7-8-14)19(26)15-11-28-23-22-15/h1-6,9,11,14,17H,7-8,10H2,(H,21,25)/t17-/m1/s1. The lowest BCUT2D eigenvalue weighted by atomic mass is 10.1. The van der Waals surface area contributed by atoms with Gasteiger partial charge in [-0.2, -0.15) is 0 Å². The molecule has 1 fully saturated rings. The van der Waals surface area contributed by atoms with Crippen LogP contribution in [0.5, 0.6) is 0 Å². The van der Waals surface area contributed by atoms with Crippen LogP contribution in [0.15, 0.2) is 52.5 Å². The van der Waals surface area contributed by atoms with Crippen molar-refractivity contribution in [3.63, 3.8) is 0 Å². The second-order valence-electron chi connectivity index (χ2n) is 6.50. The highest BCUT2D eigenvalue weighted by Crippen LogP contribution is 2.36. The molecule has 1 aliphatic rings. The fourth-order valence-corrected chi connectivity index (χ4v) is 3.39. The Morgan fingerprint density at radius 1 is 1.29 bits per heavy atom. The lowest BCUT2D eigenvalue weighted by Gasteiger charge is -2.29. The van der Waals surface area contributed by atoms with Crippen LogP contribution in [0.25, 0.3) is 0 Å². The number of hydrogen-bond donors (Lipinski definition) is 1. The molecular formula is C19H17FN4O3S.